The number of benzene rings is 2. The Morgan fingerprint density at radius 3 is 2.47 bits per heavy atom. The summed E-state index contributed by atoms with van der Waals surface area (Å²) < 4.78 is 17.6. The minimum Gasteiger partial charge on any atom is -0.408 e. The van der Waals surface area contributed by atoms with Gasteiger partial charge < -0.3 is 19.5 Å². The number of nitrogens with zero attached hydrogens (tertiary/aromatic N) is 2. The van der Waals surface area contributed by atoms with Crippen LogP contribution >= 0.6 is 0 Å². The predicted molar refractivity (Wildman–Crippen MR) is 123 cm³/mol. The fourth-order valence-electron chi connectivity index (χ4n) is 3.32. The molecule has 2 amide bonds. The van der Waals surface area contributed by atoms with Gasteiger partial charge in [-0.05, 0) is 43.3 Å². The van der Waals surface area contributed by atoms with Crippen LogP contribution in [-0.4, -0.2) is 47.9 Å². The van der Waals surface area contributed by atoms with Gasteiger partial charge in [-0.1, -0.05) is 13.8 Å². The Hall–Kier alpha value is -3.62. The van der Waals surface area contributed by atoms with Crippen molar-refractivity contribution in [1.29, 1.82) is 0 Å². The summed E-state index contributed by atoms with van der Waals surface area (Å²) in [5.74, 6) is -0.884. The number of H-pyrrole nitrogens is 1. The van der Waals surface area contributed by atoms with Crippen LogP contribution in [0.3, 0.4) is 0 Å². The molecular formula is C23H29FN4O4. The van der Waals surface area contributed by atoms with Gasteiger partial charge in [-0.3, -0.25) is 14.6 Å². The number of piperazine rings is 1. The van der Waals surface area contributed by atoms with Gasteiger partial charge in [0.25, 0.3) is 0 Å². The van der Waals surface area contributed by atoms with Crippen molar-refractivity contribution >= 4 is 34.8 Å². The molecule has 2 N–H and O–H groups in total. The lowest BCUT2D eigenvalue weighted by molar-refractivity contribution is -0.118. The molecule has 2 heterocycles. The number of nitrogens with one attached hydrogen (secondary N) is 2. The summed E-state index contributed by atoms with van der Waals surface area (Å²) in [6.07, 6.45) is 0.887. The zero-order valence-electron chi connectivity index (χ0n) is 18.7. The van der Waals surface area contributed by atoms with E-state index in [2.05, 4.69) is 22.1 Å². The average molecular weight is 445 g/mol. The fraction of sp³-hybridized carbons (Fsp3) is 0.348. The molecule has 0 radical (unpaired) electrons. The quantitative estimate of drug-likeness (QED) is 0.602. The highest BCUT2D eigenvalue weighted by atomic mass is 19.1. The van der Waals surface area contributed by atoms with Crippen molar-refractivity contribution < 1.29 is 18.4 Å². The Balaban J connectivity index is 0.000000212. The Morgan fingerprint density at radius 2 is 1.88 bits per heavy atom. The molecule has 0 spiro atoms. The van der Waals surface area contributed by atoms with Crippen LogP contribution in [0.4, 0.5) is 15.8 Å². The number of carbonyl (C=O) groups is 2. The molecule has 172 valence electrons. The van der Waals surface area contributed by atoms with Gasteiger partial charge in [-0.15, -0.1) is 0 Å². The molecule has 1 aliphatic rings. The van der Waals surface area contributed by atoms with E-state index in [1.54, 1.807) is 35.2 Å². The summed E-state index contributed by atoms with van der Waals surface area (Å²) in [4.78, 5) is 38.7. The Kier molecular flexibility index (Phi) is 9.00. The number of aromatic amines is 1. The number of fused-ring (bicyclic) bond motifs is 1. The van der Waals surface area contributed by atoms with Gasteiger partial charge in [-0.2, -0.15) is 0 Å². The summed E-state index contributed by atoms with van der Waals surface area (Å²) in [6, 6.07) is 11.7. The molecule has 9 heteroatoms. The van der Waals surface area contributed by atoms with Gasteiger partial charge in [0.05, 0.1) is 5.52 Å². The third-order valence-corrected chi connectivity index (χ3v) is 4.71. The number of hydrogen-bond acceptors (Lipinski definition) is 5. The fourth-order valence-corrected chi connectivity index (χ4v) is 3.32. The zero-order valence-corrected chi connectivity index (χ0v) is 18.7. The van der Waals surface area contributed by atoms with Crippen LogP contribution in [0.5, 0.6) is 0 Å². The molecule has 1 atom stereocenters. The first kappa shape index (κ1) is 24.6. The van der Waals surface area contributed by atoms with Crippen molar-refractivity contribution in [2.75, 3.05) is 29.9 Å². The normalized spacial score (nSPS) is 15.2. The van der Waals surface area contributed by atoms with E-state index in [0.29, 0.717) is 16.8 Å². The number of hydrogen-bond donors (Lipinski definition) is 2. The molecule has 1 fully saturated rings. The molecule has 8 nitrogen and oxygen atoms in total. The first-order chi connectivity index (χ1) is 15.4. The van der Waals surface area contributed by atoms with Gasteiger partial charge in [0, 0.05) is 50.0 Å². The van der Waals surface area contributed by atoms with Crippen molar-refractivity contribution in [2.45, 2.75) is 33.7 Å². The molecule has 1 unspecified atom stereocenters. The standard InChI is InChI=1S/C12H15FN2O.C9H8N2O3.C2H6/c1-10-8-14(9-16)6-7-15(10)12-4-2-11(13)3-5-12;1-5(12)10-6-2-3-7-8(4-6)14-9(13)11-7;1-2/h2-5,9-10H,6-8H2,1H3;2-4H,1H3,(H,10,12)(H,11,13);1-2H3. The van der Waals surface area contributed by atoms with E-state index < -0.39 is 5.76 Å². The Labute approximate surface area is 186 Å². The van der Waals surface area contributed by atoms with Crippen LogP contribution in [0.2, 0.25) is 0 Å². The maximum Gasteiger partial charge on any atom is 0.417 e. The van der Waals surface area contributed by atoms with E-state index in [-0.39, 0.29) is 17.8 Å². The topological polar surface area (TPSA) is 98.6 Å². The Bertz CT molecular complexity index is 1080. The van der Waals surface area contributed by atoms with E-state index in [0.717, 1.165) is 31.7 Å². The van der Waals surface area contributed by atoms with Crippen molar-refractivity contribution in [3.05, 3.63) is 58.8 Å². The number of aromatic nitrogens is 1. The second-order valence-corrected chi connectivity index (χ2v) is 7.03. The number of oxazole rings is 1. The number of rotatable bonds is 3. The minimum absolute atomic E-state index is 0.165. The summed E-state index contributed by atoms with van der Waals surface area (Å²) in [7, 11) is 0. The van der Waals surface area contributed by atoms with Crippen molar-refractivity contribution in [2.24, 2.45) is 0 Å². The first-order valence-electron chi connectivity index (χ1n) is 10.5. The molecule has 4 rings (SSSR count). The average Bonchev–Trinajstić information content (AvgIpc) is 3.15. The van der Waals surface area contributed by atoms with E-state index in [1.807, 2.05) is 13.8 Å². The molecule has 1 saturated heterocycles. The monoisotopic (exact) mass is 444 g/mol. The molecule has 32 heavy (non-hydrogen) atoms. The molecule has 2 aromatic carbocycles. The lowest BCUT2D eigenvalue weighted by atomic mass is 10.1. The number of anilines is 2. The molecule has 1 aliphatic heterocycles. The summed E-state index contributed by atoms with van der Waals surface area (Å²) in [5.41, 5.74) is 2.66. The Morgan fingerprint density at radius 1 is 1.19 bits per heavy atom. The third-order valence-electron chi connectivity index (χ3n) is 4.71. The maximum atomic E-state index is 12.8. The van der Waals surface area contributed by atoms with E-state index in [9.17, 15) is 18.8 Å². The van der Waals surface area contributed by atoms with E-state index in [1.165, 1.54) is 19.1 Å². The van der Waals surface area contributed by atoms with Crippen LogP contribution in [0, 0.1) is 5.82 Å². The van der Waals surface area contributed by atoms with Crippen LogP contribution in [0.25, 0.3) is 11.1 Å². The highest BCUT2D eigenvalue weighted by Crippen LogP contribution is 2.20. The second-order valence-electron chi connectivity index (χ2n) is 7.03. The molecule has 0 bridgehead atoms. The molecule has 1 aromatic heterocycles. The van der Waals surface area contributed by atoms with E-state index in [4.69, 9.17) is 4.42 Å². The lowest BCUT2D eigenvalue weighted by Crippen LogP contribution is -2.51. The van der Waals surface area contributed by atoms with Gasteiger partial charge >= 0.3 is 5.76 Å². The number of amides is 2. The highest BCUT2D eigenvalue weighted by Gasteiger charge is 2.22. The number of carbonyl (C=O) groups excluding carboxylic acids is 2. The van der Waals surface area contributed by atoms with Crippen molar-refractivity contribution in [3.8, 4) is 0 Å². The summed E-state index contributed by atoms with van der Waals surface area (Å²) >= 11 is 0. The maximum absolute atomic E-state index is 12.8. The van der Waals surface area contributed by atoms with Crippen LogP contribution in [0.1, 0.15) is 27.7 Å². The van der Waals surface area contributed by atoms with Gasteiger partial charge in [0.2, 0.25) is 12.3 Å². The third kappa shape index (κ3) is 6.69. The lowest BCUT2D eigenvalue weighted by Gasteiger charge is -2.39. The molecule has 3 aromatic rings. The SMILES string of the molecule is CC.CC(=O)Nc1ccc2[nH]c(=O)oc2c1.CC1CN(C=O)CCN1c1ccc(F)cc1. The highest BCUT2D eigenvalue weighted by molar-refractivity contribution is 5.90. The zero-order chi connectivity index (χ0) is 23.7. The van der Waals surface area contributed by atoms with Crippen LogP contribution < -0.4 is 16.0 Å². The number of halogens is 1. The van der Waals surface area contributed by atoms with E-state index >= 15 is 0 Å². The smallest absolute Gasteiger partial charge is 0.408 e. The first-order valence-corrected chi connectivity index (χ1v) is 10.5. The van der Waals surface area contributed by atoms with Crippen molar-refractivity contribution in [1.82, 2.24) is 9.88 Å². The van der Waals surface area contributed by atoms with Crippen LogP contribution in [0.15, 0.2) is 51.7 Å². The predicted octanol–water partition coefficient (Wildman–Crippen LogP) is 3.60. The molecule has 0 saturated carbocycles. The van der Waals surface area contributed by atoms with Crippen LogP contribution in [-0.2, 0) is 9.59 Å². The van der Waals surface area contributed by atoms with Gasteiger partial charge in [0.1, 0.15) is 5.82 Å². The summed E-state index contributed by atoms with van der Waals surface area (Å²) in [6.45, 7) is 9.73. The summed E-state index contributed by atoms with van der Waals surface area (Å²) in [5, 5.41) is 2.59. The van der Waals surface area contributed by atoms with Crippen molar-refractivity contribution in [3.63, 3.8) is 0 Å². The van der Waals surface area contributed by atoms with Gasteiger partial charge in [0.15, 0.2) is 5.58 Å². The second kappa shape index (κ2) is 11.7. The molecule has 0 aliphatic carbocycles. The van der Waals surface area contributed by atoms with Gasteiger partial charge in [-0.25, -0.2) is 9.18 Å². The molecular weight excluding hydrogens is 415 g/mol. The minimum atomic E-state index is -0.500. The largest absolute Gasteiger partial charge is 0.417 e.